The van der Waals surface area contributed by atoms with Crippen molar-refractivity contribution in [1.29, 1.82) is 0 Å². The van der Waals surface area contributed by atoms with Crippen LogP contribution in [0.3, 0.4) is 0 Å². The van der Waals surface area contributed by atoms with Gasteiger partial charge in [0.1, 0.15) is 0 Å². The third-order valence-corrected chi connectivity index (χ3v) is 4.82. The zero-order chi connectivity index (χ0) is 19.1. The van der Waals surface area contributed by atoms with Crippen molar-refractivity contribution in [3.05, 3.63) is 96.1 Å². The van der Waals surface area contributed by atoms with Gasteiger partial charge in [-0.25, -0.2) is 0 Å². The maximum Gasteiger partial charge on any atom is 0.0510 e. The number of fused-ring (bicyclic) bond motifs is 1. The molecular weight excluding hydrogens is 326 g/mol. The van der Waals surface area contributed by atoms with Gasteiger partial charge in [-0.05, 0) is 48.9 Å². The van der Waals surface area contributed by atoms with E-state index < -0.39 is 0 Å². The molecule has 0 amide bonds. The van der Waals surface area contributed by atoms with E-state index in [0.29, 0.717) is 0 Å². The molecule has 0 atom stereocenters. The fourth-order valence-corrected chi connectivity index (χ4v) is 3.23. The fourth-order valence-electron chi connectivity index (χ4n) is 3.23. The summed E-state index contributed by atoms with van der Waals surface area (Å²) < 4.78 is 0. The number of allylic oxidation sites excluding steroid dienone is 1. The molecule has 0 aliphatic heterocycles. The number of benzene rings is 3. The maximum atomic E-state index is 3.37. The highest BCUT2D eigenvalue weighted by molar-refractivity contribution is 5.85. The molecule has 0 aromatic heterocycles. The molecule has 0 fully saturated rings. The Balaban J connectivity index is 1.59. The number of hydrogen-bond acceptors (Lipinski definition) is 1. The summed E-state index contributed by atoms with van der Waals surface area (Å²) in [6, 6.07) is 25.5. The first-order chi connectivity index (χ1) is 13.1. The van der Waals surface area contributed by atoms with Crippen LogP contribution in [0.25, 0.3) is 10.8 Å². The summed E-state index contributed by atoms with van der Waals surface area (Å²) in [6.07, 6.45) is 4.11. The zero-order valence-corrected chi connectivity index (χ0v) is 16.4. The molecule has 0 aliphatic rings. The smallest absolute Gasteiger partial charge is 0.0510 e. The third kappa shape index (κ3) is 5.09. The molecule has 0 saturated carbocycles. The van der Waals surface area contributed by atoms with Crippen LogP contribution in [0.15, 0.2) is 84.9 Å². The van der Waals surface area contributed by atoms with E-state index in [2.05, 4.69) is 110 Å². The second kappa shape index (κ2) is 8.71. The van der Waals surface area contributed by atoms with Gasteiger partial charge < -0.3 is 0 Å². The Labute approximate surface area is 163 Å². The van der Waals surface area contributed by atoms with E-state index in [4.69, 9.17) is 0 Å². The van der Waals surface area contributed by atoms with Crippen LogP contribution in [0.4, 0.5) is 0 Å². The average Bonchev–Trinajstić information content (AvgIpc) is 2.69. The van der Waals surface area contributed by atoms with Gasteiger partial charge in [0.25, 0.3) is 0 Å². The summed E-state index contributed by atoms with van der Waals surface area (Å²) in [6.45, 7) is 6.13. The minimum Gasteiger partial charge on any atom is -0.298 e. The summed E-state index contributed by atoms with van der Waals surface area (Å²) >= 11 is 0. The molecule has 0 aliphatic carbocycles. The first kappa shape index (κ1) is 19.0. The minimum atomic E-state index is -0.138. The Bertz CT molecular complexity index is 966. The molecule has 0 heterocycles. The molecule has 0 spiro atoms. The van der Waals surface area contributed by atoms with Crippen molar-refractivity contribution in [1.82, 2.24) is 4.90 Å². The monoisotopic (exact) mass is 353 g/mol. The lowest BCUT2D eigenvalue weighted by atomic mass is 9.85. The Morgan fingerprint density at radius 3 is 2.41 bits per heavy atom. The zero-order valence-electron chi connectivity index (χ0n) is 16.4. The molecule has 1 nitrogen and oxygen atoms in total. The van der Waals surface area contributed by atoms with E-state index in [1.807, 2.05) is 12.1 Å². The molecule has 0 N–H and O–H groups in total. The second-order valence-corrected chi connectivity index (χ2v) is 7.50. The Kier molecular flexibility index (Phi) is 6.12. The summed E-state index contributed by atoms with van der Waals surface area (Å²) in [5.41, 5.74) is 2.47. The highest BCUT2D eigenvalue weighted by Gasteiger charge is 2.16. The normalized spacial score (nSPS) is 11.7. The lowest BCUT2D eigenvalue weighted by Crippen LogP contribution is -2.17. The molecule has 0 bridgehead atoms. The van der Waals surface area contributed by atoms with Gasteiger partial charge in [0.15, 0.2) is 0 Å². The highest BCUT2D eigenvalue weighted by atomic mass is 15.1. The van der Waals surface area contributed by atoms with Crippen molar-refractivity contribution in [3.63, 3.8) is 0 Å². The van der Waals surface area contributed by atoms with Gasteiger partial charge in [0, 0.05) is 13.1 Å². The summed E-state index contributed by atoms with van der Waals surface area (Å²) in [7, 11) is 2.15. The summed E-state index contributed by atoms with van der Waals surface area (Å²) in [4.78, 5) is 2.31. The molecule has 1 heteroatoms. The first-order valence-electron chi connectivity index (χ1n) is 9.45. The van der Waals surface area contributed by atoms with Crippen LogP contribution >= 0.6 is 0 Å². The van der Waals surface area contributed by atoms with Gasteiger partial charge >= 0.3 is 0 Å². The predicted octanol–water partition coefficient (Wildman–Crippen LogP) is 5.81. The van der Waals surface area contributed by atoms with Gasteiger partial charge in [0.2, 0.25) is 0 Å². The molecule has 0 radical (unpaired) electrons. The van der Waals surface area contributed by atoms with Crippen molar-refractivity contribution >= 4 is 10.8 Å². The van der Waals surface area contributed by atoms with E-state index in [1.54, 1.807) is 0 Å². The summed E-state index contributed by atoms with van der Waals surface area (Å²) in [5.74, 6) is 6.58. The molecule has 3 aromatic carbocycles. The van der Waals surface area contributed by atoms with Crippen LogP contribution in [0.2, 0.25) is 0 Å². The van der Waals surface area contributed by atoms with Crippen molar-refractivity contribution in [2.75, 3.05) is 13.6 Å². The van der Waals surface area contributed by atoms with E-state index in [1.165, 1.54) is 21.9 Å². The SMILES string of the molecule is CN(C/C=C/C#CC(C)(C)c1ccccc1)Cc1cccc2ccccc12. The van der Waals surface area contributed by atoms with Crippen molar-refractivity contribution < 1.29 is 0 Å². The quantitative estimate of drug-likeness (QED) is 0.523. The number of rotatable bonds is 5. The first-order valence-corrected chi connectivity index (χ1v) is 9.45. The molecule has 0 saturated heterocycles. The van der Waals surface area contributed by atoms with E-state index >= 15 is 0 Å². The molecule has 0 unspecified atom stereocenters. The van der Waals surface area contributed by atoms with Crippen LogP contribution < -0.4 is 0 Å². The average molecular weight is 354 g/mol. The van der Waals surface area contributed by atoms with Crippen molar-refractivity contribution in [2.45, 2.75) is 25.8 Å². The number of nitrogens with zero attached hydrogens (tertiary/aromatic N) is 1. The predicted molar refractivity (Wildman–Crippen MR) is 117 cm³/mol. The standard InChI is InChI=1S/C26H27N/c1-26(2,24-16-6-4-7-17-24)19-10-5-11-20-27(3)21-23-15-12-14-22-13-8-9-18-25(22)23/h4-9,11-18H,20-21H2,1-3H3/b11-5+. The van der Waals surface area contributed by atoms with Crippen molar-refractivity contribution in [3.8, 4) is 11.8 Å². The van der Waals surface area contributed by atoms with Crippen LogP contribution in [-0.2, 0) is 12.0 Å². The summed E-state index contributed by atoms with van der Waals surface area (Å²) in [5, 5.41) is 2.63. The van der Waals surface area contributed by atoms with E-state index in [-0.39, 0.29) is 5.41 Å². The van der Waals surface area contributed by atoms with Gasteiger partial charge in [-0.2, -0.15) is 0 Å². The maximum absolute atomic E-state index is 3.37. The largest absolute Gasteiger partial charge is 0.298 e. The number of hydrogen-bond donors (Lipinski definition) is 0. The van der Waals surface area contributed by atoms with Gasteiger partial charge in [-0.15, -0.1) is 0 Å². The van der Waals surface area contributed by atoms with Gasteiger partial charge in [0.05, 0.1) is 5.41 Å². The number of likely N-dealkylation sites (N-methyl/N-ethyl adjacent to an activating group) is 1. The Morgan fingerprint density at radius 1 is 0.889 bits per heavy atom. The van der Waals surface area contributed by atoms with Crippen LogP contribution in [0.1, 0.15) is 25.0 Å². The lowest BCUT2D eigenvalue weighted by Gasteiger charge is -2.17. The molecular formula is C26H27N. The van der Waals surface area contributed by atoms with Gasteiger partial charge in [-0.1, -0.05) is 90.7 Å². The van der Waals surface area contributed by atoms with E-state index in [9.17, 15) is 0 Å². The molecule has 27 heavy (non-hydrogen) atoms. The van der Waals surface area contributed by atoms with E-state index in [0.717, 1.165) is 13.1 Å². The third-order valence-electron chi connectivity index (χ3n) is 4.82. The molecule has 3 rings (SSSR count). The van der Waals surface area contributed by atoms with Crippen molar-refractivity contribution in [2.24, 2.45) is 0 Å². The Morgan fingerprint density at radius 2 is 1.59 bits per heavy atom. The van der Waals surface area contributed by atoms with Crippen LogP contribution in [-0.4, -0.2) is 18.5 Å². The van der Waals surface area contributed by atoms with Gasteiger partial charge in [-0.3, -0.25) is 4.90 Å². The topological polar surface area (TPSA) is 3.24 Å². The second-order valence-electron chi connectivity index (χ2n) is 7.50. The minimum absolute atomic E-state index is 0.138. The highest BCUT2D eigenvalue weighted by Crippen LogP contribution is 2.21. The molecule has 3 aromatic rings. The van der Waals surface area contributed by atoms with Crippen LogP contribution in [0.5, 0.6) is 0 Å². The fraction of sp³-hybridized carbons (Fsp3) is 0.231. The Hall–Kier alpha value is -2.82. The lowest BCUT2D eigenvalue weighted by molar-refractivity contribution is 0.365. The molecule has 136 valence electrons. The van der Waals surface area contributed by atoms with Crippen LogP contribution in [0, 0.1) is 11.8 Å².